The number of carbonyl (C=O) groups is 1. The number of carbonyl (C=O) groups excluding carboxylic acids is 1. The van der Waals surface area contributed by atoms with Crippen LogP contribution >= 0.6 is 7.14 Å². The number of esters is 1. The molecule has 0 radical (unpaired) electrons. The van der Waals surface area contributed by atoms with Gasteiger partial charge in [0.25, 0.3) is 0 Å². The predicted octanol–water partition coefficient (Wildman–Crippen LogP) is 5.54. The van der Waals surface area contributed by atoms with Crippen molar-refractivity contribution in [3.63, 3.8) is 0 Å². The summed E-state index contributed by atoms with van der Waals surface area (Å²) < 4.78 is 20.6. The van der Waals surface area contributed by atoms with E-state index in [0.29, 0.717) is 5.75 Å². The Morgan fingerprint density at radius 1 is 0.719 bits per heavy atom. The fraction of sp³-hybridized carbons (Fsp3) is 0.107. The van der Waals surface area contributed by atoms with Crippen molar-refractivity contribution in [3.05, 3.63) is 108 Å². The van der Waals surface area contributed by atoms with E-state index in [1.54, 1.807) is 0 Å². The molecule has 0 amide bonds. The van der Waals surface area contributed by atoms with Gasteiger partial charge in [0, 0.05) is 28.4 Å². The molecule has 0 unspecified atom stereocenters. The summed E-state index contributed by atoms with van der Waals surface area (Å²) in [5.41, 5.74) is 3.66. The van der Waals surface area contributed by atoms with Crippen LogP contribution in [0, 0.1) is 13.8 Å². The van der Waals surface area contributed by atoms with Gasteiger partial charge in [-0.1, -0.05) is 91.0 Å². The van der Waals surface area contributed by atoms with E-state index >= 15 is 4.57 Å². The average Bonchev–Trinajstić information content (AvgIpc) is 2.82. The molecule has 4 heteroatoms. The van der Waals surface area contributed by atoms with Gasteiger partial charge in [-0.15, -0.1) is 0 Å². The molecule has 160 valence electrons. The highest BCUT2D eigenvalue weighted by molar-refractivity contribution is 7.85. The van der Waals surface area contributed by atoms with Gasteiger partial charge < -0.3 is 9.30 Å². The maximum absolute atomic E-state index is 15.0. The summed E-state index contributed by atoms with van der Waals surface area (Å²) in [6, 6.07) is 30.6. The molecule has 0 aromatic heterocycles. The molecule has 0 aliphatic heterocycles. The maximum atomic E-state index is 15.0. The summed E-state index contributed by atoms with van der Waals surface area (Å²) in [4.78, 5) is 11.8. The Labute approximate surface area is 189 Å². The lowest BCUT2D eigenvalue weighted by Gasteiger charge is -2.24. The van der Waals surface area contributed by atoms with E-state index in [-0.39, 0.29) is 5.97 Å². The molecular formula is C28H25O3P. The van der Waals surface area contributed by atoms with Crippen molar-refractivity contribution in [2.45, 2.75) is 20.8 Å². The van der Waals surface area contributed by atoms with Crippen molar-refractivity contribution in [2.75, 3.05) is 0 Å². The molecule has 4 aromatic rings. The first kappa shape index (κ1) is 21.8. The van der Waals surface area contributed by atoms with Crippen molar-refractivity contribution in [1.29, 1.82) is 0 Å². The second-order valence-corrected chi connectivity index (χ2v) is 10.5. The average molecular weight is 440 g/mol. The highest BCUT2D eigenvalue weighted by atomic mass is 31.2. The Morgan fingerprint density at radius 3 is 1.81 bits per heavy atom. The molecule has 4 rings (SSSR count). The van der Waals surface area contributed by atoms with Crippen LogP contribution in [0.5, 0.6) is 5.75 Å². The first-order chi connectivity index (χ1) is 15.4. The van der Waals surface area contributed by atoms with E-state index in [4.69, 9.17) is 4.74 Å². The van der Waals surface area contributed by atoms with E-state index in [0.717, 1.165) is 38.2 Å². The van der Waals surface area contributed by atoms with E-state index < -0.39 is 7.14 Å². The summed E-state index contributed by atoms with van der Waals surface area (Å²) in [5, 5.41) is 2.25. The lowest BCUT2D eigenvalue weighted by atomic mass is 9.96. The zero-order valence-electron chi connectivity index (χ0n) is 18.4. The van der Waals surface area contributed by atoms with Crippen LogP contribution in [0.2, 0.25) is 0 Å². The third-order valence-electron chi connectivity index (χ3n) is 5.70. The Kier molecular flexibility index (Phi) is 6.12. The normalized spacial score (nSPS) is 11.2. The Bertz CT molecular complexity index is 1270. The predicted molar refractivity (Wildman–Crippen MR) is 132 cm³/mol. The molecule has 3 nitrogen and oxygen atoms in total. The van der Waals surface area contributed by atoms with Gasteiger partial charge in [0.1, 0.15) is 5.75 Å². The molecule has 32 heavy (non-hydrogen) atoms. The van der Waals surface area contributed by atoms with Crippen LogP contribution < -0.4 is 20.7 Å². The molecule has 0 saturated carbocycles. The Balaban J connectivity index is 2.07. The molecular weight excluding hydrogens is 415 g/mol. The summed E-state index contributed by atoms with van der Waals surface area (Å²) in [5.74, 6) is 0.0852. The van der Waals surface area contributed by atoms with Crippen LogP contribution in [0.3, 0.4) is 0 Å². The minimum atomic E-state index is -3.21. The minimum absolute atomic E-state index is 0.388. The van der Waals surface area contributed by atoms with Crippen molar-refractivity contribution in [2.24, 2.45) is 0 Å². The van der Waals surface area contributed by atoms with Crippen LogP contribution in [0.1, 0.15) is 18.1 Å². The van der Waals surface area contributed by atoms with E-state index in [9.17, 15) is 4.79 Å². The van der Waals surface area contributed by atoms with Gasteiger partial charge >= 0.3 is 5.97 Å². The largest absolute Gasteiger partial charge is 0.426 e. The standard InChI is InChI=1S/C28H25O3P/c1-20-18-19-26(31-22(3)29)28(21(20)2)25-16-10-11-17-27(25)32(30,23-12-6-4-7-13-23)24-14-8-5-9-15-24/h4-19H,1-3H3. The van der Waals surface area contributed by atoms with Gasteiger partial charge in [-0.05, 0) is 36.6 Å². The summed E-state index contributed by atoms with van der Waals surface area (Å²) >= 11 is 0. The molecule has 0 atom stereocenters. The number of ether oxygens (including phenoxy) is 1. The molecule has 0 aliphatic rings. The van der Waals surface area contributed by atoms with E-state index in [1.807, 2.05) is 111 Å². The quantitative estimate of drug-likeness (QED) is 0.233. The molecule has 0 saturated heterocycles. The van der Waals surface area contributed by atoms with Gasteiger partial charge in [-0.25, -0.2) is 0 Å². The smallest absolute Gasteiger partial charge is 0.308 e. The number of hydrogen-bond donors (Lipinski definition) is 0. The maximum Gasteiger partial charge on any atom is 0.308 e. The minimum Gasteiger partial charge on any atom is -0.426 e. The van der Waals surface area contributed by atoms with Crippen molar-refractivity contribution >= 4 is 29.0 Å². The second-order valence-electron chi connectivity index (χ2n) is 7.77. The number of benzene rings is 4. The summed E-state index contributed by atoms with van der Waals surface area (Å²) in [6.07, 6.45) is 0. The number of aryl methyl sites for hydroxylation is 1. The van der Waals surface area contributed by atoms with Crippen LogP contribution in [0.25, 0.3) is 11.1 Å². The summed E-state index contributed by atoms with van der Waals surface area (Å²) in [6.45, 7) is 5.42. The third-order valence-corrected chi connectivity index (χ3v) is 8.82. The van der Waals surface area contributed by atoms with Crippen molar-refractivity contribution in [3.8, 4) is 16.9 Å². The molecule has 4 aromatic carbocycles. The highest BCUT2D eigenvalue weighted by Crippen LogP contribution is 2.47. The van der Waals surface area contributed by atoms with Gasteiger partial charge in [0.15, 0.2) is 7.14 Å². The van der Waals surface area contributed by atoms with Crippen LogP contribution in [-0.2, 0) is 9.36 Å². The second kappa shape index (κ2) is 8.98. The van der Waals surface area contributed by atoms with Crippen molar-refractivity contribution < 1.29 is 14.1 Å². The molecule has 0 fully saturated rings. The van der Waals surface area contributed by atoms with Gasteiger partial charge in [-0.2, -0.15) is 0 Å². The molecule has 0 N–H and O–H groups in total. The van der Waals surface area contributed by atoms with Crippen LogP contribution in [0.15, 0.2) is 97.1 Å². The van der Waals surface area contributed by atoms with E-state index in [2.05, 4.69) is 0 Å². The monoisotopic (exact) mass is 440 g/mol. The number of rotatable bonds is 5. The zero-order chi connectivity index (χ0) is 22.7. The topological polar surface area (TPSA) is 43.4 Å². The molecule has 0 aliphatic carbocycles. The van der Waals surface area contributed by atoms with Gasteiger partial charge in [-0.3, -0.25) is 4.79 Å². The van der Waals surface area contributed by atoms with Crippen molar-refractivity contribution in [1.82, 2.24) is 0 Å². The number of hydrogen-bond acceptors (Lipinski definition) is 3. The van der Waals surface area contributed by atoms with E-state index in [1.165, 1.54) is 6.92 Å². The first-order valence-electron chi connectivity index (χ1n) is 10.5. The molecule has 0 bridgehead atoms. The third kappa shape index (κ3) is 3.92. The fourth-order valence-electron chi connectivity index (χ4n) is 4.03. The fourth-order valence-corrected chi connectivity index (χ4v) is 6.89. The molecule has 0 spiro atoms. The van der Waals surface area contributed by atoms with Gasteiger partial charge in [0.05, 0.1) is 0 Å². The highest BCUT2D eigenvalue weighted by Gasteiger charge is 2.33. The SMILES string of the molecule is CC(=O)Oc1ccc(C)c(C)c1-c1ccccc1P(=O)(c1ccccc1)c1ccccc1. The molecule has 0 heterocycles. The Morgan fingerprint density at radius 2 is 1.25 bits per heavy atom. The Hall–Kier alpha value is -3.42. The lowest BCUT2D eigenvalue weighted by Crippen LogP contribution is -2.26. The van der Waals surface area contributed by atoms with Crippen LogP contribution in [-0.4, -0.2) is 5.97 Å². The lowest BCUT2D eigenvalue weighted by molar-refractivity contribution is -0.131. The first-order valence-corrected chi connectivity index (χ1v) is 12.2. The zero-order valence-corrected chi connectivity index (χ0v) is 19.3. The van der Waals surface area contributed by atoms with Gasteiger partial charge in [0.2, 0.25) is 0 Å². The summed E-state index contributed by atoms with van der Waals surface area (Å²) in [7, 11) is -3.21. The van der Waals surface area contributed by atoms with Crippen LogP contribution in [0.4, 0.5) is 0 Å².